The normalized spacial score (nSPS) is 41.8. The molecule has 1 saturated heterocycles. The second-order valence-electron chi connectivity index (χ2n) is 3.85. The van der Waals surface area contributed by atoms with Gasteiger partial charge in [0.1, 0.15) is 30.5 Å². The molecular formula is C9H12N2O6. The van der Waals surface area contributed by atoms with Crippen molar-refractivity contribution in [1.82, 2.24) is 0 Å². The molecule has 2 aliphatic rings. The van der Waals surface area contributed by atoms with Gasteiger partial charge < -0.3 is 25.2 Å². The molecule has 2 rings (SSSR count). The Morgan fingerprint density at radius 2 is 1.94 bits per heavy atom. The van der Waals surface area contributed by atoms with E-state index >= 15 is 0 Å². The molecule has 0 saturated carbocycles. The van der Waals surface area contributed by atoms with Gasteiger partial charge in [-0.2, -0.15) is 5.11 Å². The Morgan fingerprint density at radius 3 is 2.47 bits per heavy atom. The van der Waals surface area contributed by atoms with Gasteiger partial charge in [-0.3, -0.25) is 4.79 Å². The van der Waals surface area contributed by atoms with E-state index in [1.807, 2.05) is 0 Å². The van der Waals surface area contributed by atoms with Crippen LogP contribution in [-0.4, -0.2) is 63.5 Å². The predicted octanol–water partition coefficient (Wildman–Crippen LogP) is -2.29. The standard InChI is InChI=1S/C9H12N2O6/c12-2-4-5(13)6(14)7(15)8(17-4)3-1-10-11-9(3)16/h1,4-8,12-15H,2H2/t4-,5-,6+,7-,8?/m1/s1. The fourth-order valence-corrected chi connectivity index (χ4v) is 1.81. The molecule has 5 atom stereocenters. The maximum atomic E-state index is 11.3. The molecule has 0 aliphatic carbocycles. The first-order valence-electron chi connectivity index (χ1n) is 5.02. The lowest BCUT2D eigenvalue weighted by molar-refractivity contribution is -0.219. The van der Waals surface area contributed by atoms with Gasteiger partial charge in [0.15, 0.2) is 0 Å². The van der Waals surface area contributed by atoms with Gasteiger partial charge >= 0.3 is 0 Å². The molecule has 0 radical (unpaired) electrons. The number of aliphatic hydroxyl groups excluding tert-OH is 4. The number of azo groups is 1. The molecule has 0 aromatic heterocycles. The van der Waals surface area contributed by atoms with E-state index in [-0.39, 0.29) is 5.57 Å². The van der Waals surface area contributed by atoms with Crippen LogP contribution in [0, 0.1) is 0 Å². The lowest BCUT2D eigenvalue weighted by Crippen LogP contribution is -2.59. The Hall–Kier alpha value is -1.19. The van der Waals surface area contributed by atoms with Crippen LogP contribution in [0.1, 0.15) is 0 Å². The predicted molar refractivity (Wildman–Crippen MR) is 51.7 cm³/mol. The number of carbonyl (C=O) groups excluding carboxylic acids is 1. The van der Waals surface area contributed by atoms with Crippen molar-refractivity contribution in [3.63, 3.8) is 0 Å². The maximum absolute atomic E-state index is 11.3. The molecule has 94 valence electrons. The van der Waals surface area contributed by atoms with Crippen LogP contribution in [0.4, 0.5) is 0 Å². The van der Waals surface area contributed by atoms with E-state index in [1.54, 1.807) is 0 Å². The Balaban J connectivity index is 2.20. The lowest BCUT2D eigenvalue weighted by atomic mass is 9.91. The Bertz CT molecular complexity index is 380. The minimum atomic E-state index is -1.51. The Kier molecular flexibility index (Phi) is 3.31. The first-order valence-corrected chi connectivity index (χ1v) is 5.02. The zero-order valence-electron chi connectivity index (χ0n) is 8.67. The molecule has 0 aromatic carbocycles. The molecule has 8 heteroatoms. The highest BCUT2D eigenvalue weighted by atomic mass is 16.5. The first-order chi connectivity index (χ1) is 8.06. The molecule has 1 amide bonds. The topological polar surface area (TPSA) is 132 Å². The van der Waals surface area contributed by atoms with E-state index in [0.29, 0.717) is 0 Å². The van der Waals surface area contributed by atoms with Gasteiger partial charge in [0.05, 0.1) is 18.4 Å². The summed E-state index contributed by atoms with van der Waals surface area (Å²) < 4.78 is 5.17. The van der Waals surface area contributed by atoms with Crippen molar-refractivity contribution in [2.75, 3.05) is 6.61 Å². The van der Waals surface area contributed by atoms with Crippen LogP contribution in [0.25, 0.3) is 0 Å². The largest absolute Gasteiger partial charge is 0.394 e. The van der Waals surface area contributed by atoms with Crippen molar-refractivity contribution in [1.29, 1.82) is 0 Å². The molecule has 0 bridgehead atoms. The fourth-order valence-electron chi connectivity index (χ4n) is 1.81. The highest BCUT2D eigenvalue weighted by Gasteiger charge is 2.46. The van der Waals surface area contributed by atoms with Gasteiger partial charge in [0.25, 0.3) is 5.91 Å². The fraction of sp³-hybridized carbons (Fsp3) is 0.667. The summed E-state index contributed by atoms with van der Waals surface area (Å²) in [6.45, 7) is -0.544. The highest BCUT2D eigenvalue weighted by molar-refractivity contribution is 5.96. The number of carbonyl (C=O) groups is 1. The molecule has 4 N–H and O–H groups in total. The van der Waals surface area contributed by atoms with E-state index in [0.717, 1.165) is 6.20 Å². The Labute approximate surface area is 95.9 Å². The average Bonchev–Trinajstić information content (AvgIpc) is 2.73. The number of aliphatic hydroxyl groups is 4. The minimum Gasteiger partial charge on any atom is -0.394 e. The van der Waals surface area contributed by atoms with Crippen LogP contribution in [0.5, 0.6) is 0 Å². The van der Waals surface area contributed by atoms with Crippen molar-refractivity contribution < 1.29 is 30.0 Å². The molecule has 1 unspecified atom stereocenters. The third-order valence-corrected chi connectivity index (χ3v) is 2.79. The molecular weight excluding hydrogens is 232 g/mol. The van der Waals surface area contributed by atoms with Gasteiger partial charge in [0, 0.05) is 0 Å². The van der Waals surface area contributed by atoms with Crippen LogP contribution in [0.2, 0.25) is 0 Å². The first kappa shape index (κ1) is 12.3. The number of hydrogen-bond donors (Lipinski definition) is 4. The molecule has 17 heavy (non-hydrogen) atoms. The SMILES string of the molecule is O=C1N=NC=C1C1O[C@H](CO)[C@@H](O)[C@H](O)[C@H]1O. The third-order valence-electron chi connectivity index (χ3n) is 2.79. The van der Waals surface area contributed by atoms with Crippen LogP contribution in [-0.2, 0) is 9.53 Å². The van der Waals surface area contributed by atoms with Crippen molar-refractivity contribution >= 4 is 5.91 Å². The second-order valence-corrected chi connectivity index (χ2v) is 3.85. The van der Waals surface area contributed by atoms with E-state index < -0.39 is 43.0 Å². The Morgan fingerprint density at radius 1 is 1.24 bits per heavy atom. The van der Waals surface area contributed by atoms with Gasteiger partial charge in [-0.1, -0.05) is 0 Å². The summed E-state index contributed by atoms with van der Waals surface area (Å²) in [4.78, 5) is 11.3. The smallest absolute Gasteiger partial charge is 0.295 e. The monoisotopic (exact) mass is 244 g/mol. The van der Waals surface area contributed by atoms with Crippen molar-refractivity contribution in [3.05, 3.63) is 11.8 Å². The van der Waals surface area contributed by atoms with Crippen molar-refractivity contribution in [2.24, 2.45) is 10.2 Å². The third kappa shape index (κ3) is 2.01. The van der Waals surface area contributed by atoms with E-state index in [4.69, 9.17) is 9.84 Å². The van der Waals surface area contributed by atoms with Crippen molar-refractivity contribution in [3.8, 4) is 0 Å². The van der Waals surface area contributed by atoms with Gasteiger partial charge in [-0.15, -0.1) is 5.11 Å². The second kappa shape index (κ2) is 4.59. The number of rotatable bonds is 2. The highest BCUT2D eigenvalue weighted by Crippen LogP contribution is 2.27. The summed E-state index contributed by atoms with van der Waals surface area (Å²) in [6, 6.07) is 0. The van der Waals surface area contributed by atoms with Crippen LogP contribution < -0.4 is 0 Å². The number of nitrogens with zero attached hydrogens (tertiary/aromatic N) is 2. The van der Waals surface area contributed by atoms with E-state index in [1.165, 1.54) is 0 Å². The summed E-state index contributed by atoms with van der Waals surface area (Å²) in [5.74, 6) is -0.672. The summed E-state index contributed by atoms with van der Waals surface area (Å²) in [7, 11) is 0. The van der Waals surface area contributed by atoms with Gasteiger partial charge in [-0.05, 0) is 0 Å². The van der Waals surface area contributed by atoms with Crippen LogP contribution in [0.3, 0.4) is 0 Å². The molecule has 1 fully saturated rings. The molecule has 2 aliphatic heterocycles. The molecule has 0 spiro atoms. The zero-order chi connectivity index (χ0) is 12.6. The van der Waals surface area contributed by atoms with Gasteiger partial charge in [0.2, 0.25) is 0 Å². The quantitative estimate of drug-likeness (QED) is 0.432. The van der Waals surface area contributed by atoms with Gasteiger partial charge in [-0.25, -0.2) is 0 Å². The zero-order valence-corrected chi connectivity index (χ0v) is 8.67. The lowest BCUT2D eigenvalue weighted by Gasteiger charge is -2.39. The summed E-state index contributed by atoms with van der Waals surface area (Å²) in [5.41, 5.74) is -0.0121. The van der Waals surface area contributed by atoms with Crippen LogP contribution in [0.15, 0.2) is 22.0 Å². The minimum absolute atomic E-state index is 0.0121. The van der Waals surface area contributed by atoms with E-state index in [9.17, 15) is 20.1 Å². The number of ether oxygens (including phenoxy) is 1. The summed E-state index contributed by atoms with van der Waals surface area (Å²) in [5, 5.41) is 44.3. The molecule has 2 heterocycles. The summed E-state index contributed by atoms with van der Waals surface area (Å²) >= 11 is 0. The molecule has 8 nitrogen and oxygen atoms in total. The number of hydrogen-bond acceptors (Lipinski definition) is 7. The maximum Gasteiger partial charge on any atom is 0.295 e. The average molecular weight is 244 g/mol. The van der Waals surface area contributed by atoms with Crippen LogP contribution >= 0.6 is 0 Å². The van der Waals surface area contributed by atoms with E-state index in [2.05, 4.69) is 10.2 Å². The molecule has 0 aromatic rings. The number of amides is 1. The van der Waals surface area contributed by atoms with Crippen molar-refractivity contribution in [2.45, 2.75) is 30.5 Å². The summed E-state index contributed by atoms with van der Waals surface area (Å²) in [6.07, 6.45) is -5.53.